The van der Waals surface area contributed by atoms with E-state index >= 15 is 0 Å². The fourth-order valence-corrected chi connectivity index (χ4v) is 6.28. The summed E-state index contributed by atoms with van der Waals surface area (Å²) in [7, 11) is 0. The summed E-state index contributed by atoms with van der Waals surface area (Å²) in [5, 5.41) is 4.83. The summed E-state index contributed by atoms with van der Waals surface area (Å²) in [6, 6.07) is -0.135. The predicted molar refractivity (Wildman–Crippen MR) is 115 cm³/mol. The van der Waals surface area contributed by atoms with E-state index in [0.29, 0.717) is 35.6 Å². The second-order valence-electron chi connectivity index (χ2n) is 10.2. The number of rotatable bonds is 4. The zero-order valence-corrected chi connectivity index (χ0v) is 18.3. The lowest BCUT2D eigenvalue weighted by atomic mass is 9.91. The van der Waals surface area contributed by atoms with Gasteiger partial charge in [0.2, 0.25) is 5.92 Å². The van der Waals surface area contributed by atoms with Crippen LogP contribution in [0.5, 0.6) is 0 Å². The molecule has 1 N–H and O–H groups in total. The summed E-state index contributed by atoms with van der Waals surface area (Å²) < 4.78 is 35.2. The molecular weight excluding hydrogens is 416 g/mol. The van der Waals surface area contributed by atoms with Gasteiger partial charge in [-0.05, 0) is 44.4 Å². The summed E-state index contributed by atoms with van der Waals surface area (Å²) in [6.07, 6.45) is 9.32. The normalized spacial score (nSPS) is 33.7. The van der Waals surface area contributed by atoms with Gasteiger partial charge in [-0.25, -0.2) is 18.4 Å². The maximum atomic E-state index is 13.6. The number of nitrogens with one attached hydrogen (secondary N) is 1. The third-order valence-electron chi connectivity index (χ3n) is 8.11. The average Bonchev–Trinajstić information content (AvgIpc) is 3.22. The van der Waals surface area contributed by atoms with Gasteiger partial charge in [0.15, 0.2) is 5.65 Å². The number of likely N-dealkylation sites (tertiary alicyclic amines) is 1. The molecule has 4 atom stereocenters. The minimum Gasteiger partial charge on any atom is -0.353 e. The Hall–Kier alpha value is -1.87. The molecular formula is C23H31F2N5O2. The fraction of sp³-hybridized carbons (Fsp3) is 0.783. The molecule has 2 aromatic heterocycles. The first-order chi connectivity index (χ1) is 15.5. The Balaban J connectivity index is 1.26. The lowest BCUT2D eigenvalue weighted by Gasteiger charge is -2.28. The number of alkyl halides is 2. The van der Waals surface area contributed by atoms with E-state index in [9.17, 15) is 13.6 Å². The van der Waals surface area contributed by atoms with Gasteiger partial charge in [0.05, 0.1) is 12.2 Å². The molecule has 0 bridgehead atoms. The molecule has 4 heterocycles. The number of hydrogen-bond acceptors (Lipinski definition) is 5. The van der Waals surface area contributed by atoms with Crippen molar-refractivity contribution in [3.8, 4) is 0 Å². The monoisotopic (exact) mass is 447 g/mol. The minimum atomic E-state index is -2.60. The summed E-state index contributed by atoms with van der Waals surface area (Å²) in [6.45, 7) is 2.22. The van der Waals surface area contributed by atoms with Gasteiger partial charge in [-0.1, -0.05) is 12.8 Å². The number of epoxide rings is 1. The summed E-state index contributed by atoms with van der Waals surface area (Å²) >= 11 is 0. The predicted octanol–water partition coefficient (Wildman–Crippen LogP) is 3.96. The molecule has 2 aliphatic carbocycles. The smallest absolute Gasteiger partial charge is 0.262 e. The van der Waals surface area contributed by atoms with Gasteiger partial charge in [0, 0.05) is 31.8 Å². The Bertz CT molecular complexity index is 1040. The first-order valence-corrected chi connectivity index (χ1v) is 12.2. The van der Waals surface area contributed by atoms with Gasteiger partial charge in [-0.2, -0.15) is 5.10 Å². The van der Waals surface area contributed by atoms with E-state index < -0.39 is 5.92 Å². The van der Waals surface area contributed by atoms with E-state index in [2.05, 4.69) is 15.0 Å². The molecule has 0 aromatic carbocycles. The molecule has 2 saturated heterocycles. The number of hydrogen-bond donors (Lipinski definition) is 1. The van der Waals surface area contributed by atoms with Crippen molar-refractivity contribution in [1.29, 1.82) is 0 Å². The lowest BCUT2D eigenvalue weighted by Crippen LogP contribution is -2.35. The van der Waals surface area contributed by atoms with Crippen LogP contribution >= 0.6 is 0 Å². The maximum Gasteiger partial charge on any atom is 0.262 e. The molecule has 0 amide bonds. The van der Waals surface area contributed by atoms with Crippen LogP contribution in [0.4, 0.5) is 8.78 Å². The van der Waals surface area contributed by atoms with Gasteiger partial charge < -0.3 is 9.72 Å². The van der Waals surface area contributed by atoms with Gasteiger partial charge in [-0.15, -0.1) is 0 Å². The van der Waals surface area contributed by atoms with Gasteiger partial charge in [-0.3, -0.25) is 9.69 Å². The topological polar surface area (TPSA) is 79.3 Å². The van der Waals surface area contributed by atoms with E-state index in [-0.39, 0.29) is 42.7 Å². The van der Waals surface area contributed by atoms with E-state index in [0.717, 1.165) is 32.4 Å². The molecule has 6 rings (SSSR count). The van der Waals surface area contributed by atoms with Crippen LogP contribution in [0.25, 0.3) is 11.0 Å². The van der Waals surface area contributed by atoms with Crippen LogP contribution in [0.15, 0.2) is 11.0 Å². The lowest BCUT2D eigenvalue weighted by molar-refractivity contribution is -0.0446. The fourth-order valence-electron chi connectivity index (χ4n) is 6.28. The van der Waals surface area contributed by atoms with Gasteiger partial charge >= 0.3 is 0 Å². The number of aromatic nitrogens is 4. The molecule has 0 spiro atoms. The third kappa shape index (κ3) is 3.67. The number of halogens is 2. The molecule has 4 fully saturated rings. The summed E-state index contributed by atoms with van der Waals surface area (Å²) in [4.78, 5) is 23.2. The van der Waals surface area contributed by atoms with Crippen molar-refractivity contribution < 1.29 is 13.5 Å². The number of H-pyrrole nitrogens is 1. The van der Waals surface area contributed by atoms with Crippen molar-refractivity contribution >= 4 is 11.0 Å². The van der Waals surface area contributed by atoms with E-state index in [4.69, 9.17) is 9.72 Å². The Kier molecular flexibility index (Phi) is 5.09. The van der Waals surface area contributed by atoms with Gasteiger partial charge in [0.1, 0.15) is 23.5 Å². The molecule has 7 nitrogen and oxygen atoms in total. The van der Waals surface area contributed by atoms with Crippen LogP contribution in [-0.4, -0.2) is 56.0 Å². The second-order valence-corrected chi connectivity index (χ2v) is 10.2. The zero-order chi connectivity index (χ0) is 21.9. The molecule has 2 aliphatic heterocycles. The highest BCUT2D eigenvalue weighted by molar-refractivity contribution is 5.73. The minimum absolute atomic E-state index is 0.135. The van der Waals surface area contributed by atoms with Crippen molar-refractivity contribution in [3.05, 3.63) is 22.4 Å². The van der Waals surface area contributed by atoms with Crippen molar-refractivity contribution in [2.45, 2.75) is 94.4 Å². The van der Waals surface area contributed by atoms with Crippen LogP contribution < -0.4 is 5.56 Å². The van der Waals surface area contributed by atoms with Crippen molar-refractivity contribution in [1.82, 2.24) is 24.6 Å². The number of aromatic amines is 1. The summed E-state index contributed by atoms with van der Waals surface area (Å²) in [5.74, 6) is -1.37. The molecule has 4 aliphatic rings. The number of piperidine rings is 1. The van der Waals surface area contributed by atoms with Crippen LogP contribution in [0, 0.1) is 5.92 Å². The summed E-state index contributed by atoms with van der Waals surface area (Å²) in [5.41, 5.74) is 0.348. The van der Waals surface area contributed by atoms with Crippen LogP contribution in [-0.2, 0) is 4.74 Å². The molecule has 2 aromatic rings. The number of ether oxygens (including phenoxy) is 1. The molecule has 4 unspecified atom stereocenters. The maximum absolute atomic E-state index is 13.6. The molecule has 0 radical (unpaired) electrons. The third-order valence-corrected chi connectivity index (χ3v) is 8.11. The van der Waals surface area contributed by atoms with Crippen molar-refractivity contribution in [2.75, 3.05) is 13.1 Å². The molecule has 9 heteroatoms. The Morgan fingerprint density at radius 1 is 1.06 bits per heavy atom. The average molecular weight is 448 g/mol. The van der Waals surface area contributed by atoms with E-state index in [1.807, 2.05) is 0 Å². The number of fused-ring (bicyclic) bond motifs is 1. The quantitative estimate of drug-likeness (QED) is 0.718. The van der Waals surface area contributed by atoms with Crippen LogP contribution in [0.2, 0.25) is 0 Å². The first-order valence-electron chi connectivity index (χ1n) is 12.2. The Labute approximate surface area is 185 Å². The highest BCUT2D eigenvalue weighted by Crippen LogP contribution is 2.48. The SMILES string of the molecule is O=c1[nH]c(C2CCCC2C2OC2N2CCCCC2)nc2c1cnn2C1CCC(F)(F)CC1. The van der Waals surface area contributed by atoms with Gasteiger partial charge in [0.25, 0.3) is 5.56 Å². The van der Waals surface area contributed by atoms with Crippen molar-refractivity contribution in [3.63, 3.8) is 0 Å². The van der Waals surface area contributed by atoms with Crippen LogP contribution in [0.3, 0.4) is 0 Å². The van der Waals surface area contributed by atoms with Crippen LogP contribution in [0.1, 0.15) is 82.0 Å². The largest absolute Gasteiger partial charge is 0.353 e. The molecule has 2 saturated carbocycles. The van der Waals surface area contributed by atoms with Crippen molar-refractivity contribution in [2.24, 2.45) is 5.92 Å². The Morgan fingerprint density at radius 3 is 2.62 bits per heavy atom. The second kappa shape index (κ2) is 7.87. The highest BCUT2D eigenvalue weighted by Gasteiger charge is 2.52. The number of nitrogens with zero attached hydrogens (tertiary/aromatic N) is 4. The van der Waals surface area contributed by atoms with E-state index in [1.54, 1.807) is 4.68 Å². The molecule has 32 heavy (non-hydrogen) atoms. The van der Waals surface area contributed by atoms with E-state index in [1.165, 1.54) is 25.5 Å². The highest BCUT2D eigenvalue weighted by atomic mass is 19.3. The first kappa shape index (κ1) is 20.7. The standard InChI is InChI=1S/C23H31F2N5O2/c24-23(25)9-7-14(8-10-23)30-20-17(13-26-30)21(31)28-19(27-20)16-6-4-5-15(16)18-22(32-18)29-11-2-1-3-12-29/h13-16,18,22H,1-12H2,(H,27,28,31). The Morgan fingerprint density at radius 2 is 1.84 bits per heavy atom. The molecule has 174 valence electrons. The zero-order valence-electron chi connectivity index (χ0n) is 18.3.